The Balaban J connectivity index is 1.80. The van der Waals surface area contributed by atoms with E-state index in [0.717, 1.165) is 29.0 Å². The van der Waals surface area contributed by atoms with Crippen molar-refractivity contribution in [3.63, 3.8) is 0 Å². The summed E-state index contributed by atoms with van der Waals surface area (Å²) in [7, 11) is 0. The molecular weight excluding hydrogens is 326 g/mol. The molecule has 4 heteroatoms. The van der Waals surface area contributed by atoms with Crippen molar-refractivity contribution in [1.29, 1.82) is 0 Å². The van der Waals surface area contributed by atoms with Crippen LogP contribution in [0.25, 0.3) is 0 Å². The molecule has 0 saturated carbocycles. The average Bonchev–Trinajstić information content (AvgIpc) is 2.66. The third-order valence-corrected chi connectivity index (χ3v) is 4.49. The zero-order chi connectivity index (χ0) is 18.9. The van der Waals surface area contributed by atoms with Crippen molar-refractivity contribution < 1.29 is 14.3 Å². The Kier molecular flexibility index (Phi) is 7.52. The molecule has 0 aliphatic carbocycles. The molecular formula is C22H29NO3. The third kappa shape index (κ3) is 5.51. The molecule has 1 unspecified atom stereocenters. The van der Waals surface area contributed by atoms with Gasteiger partial charge in [0.25, 0.3) is 5.91 Å². The van der Waals surface area contributed by atoms with Gasteiger partial charge in [0.15, 0.2) is 6.10 Å². The molecule has 1 N–H and O–H groups in total. The first kappa shape index (κ1) is 19.8. The number of hydrogen-bond acceptors (Lipinski definition) is 3. The van der Waals surface area contributed by atoms with Crippen LogP contribution in [0, 0.1) is 13.8 Å². The van der Waals surface area contributed by atoms with E-state index in [1.165, 1.54) is 5.56 Å². The van der Waals surface area contributed by atoms with Gasteiger partial charge in [0.2, 0.25) is 0 Å². The smallest absolute Gasteiger partial charge is 0.261 e. The highest BCUT2D eigenvalue weighted by atomic mass is 16.5. The summed E-state index contributed by atoms with van der Waals surface area (Å²) >= 11 is 0. The predicted octanol–water partition coefficient (Wildman–Crippen LogP) is 4.22. The number of carbonyl (C=O) groups is 1. The molecule has 0 aromatic heterocycles. The summed E-state index contributed by atoms with van der Waals surface area (Å²) in [5.41, 5.74) is 3.50. The van der Waals surface area contributed by atoms with Gasteiger partial charge in [-0.05, 0) is 61.6 Å². The molecule has 0 heterocycles. The van der Waals surface area contributed by atoms with E-state index in [9.17, 15) is 4.79 Å². The van der Waals surface area contributed by atoms with Crippen LogP contribution in [-0.4, -0.2) is 25.2 Å². The lowest BCUT2D eigenvalue weighted by molar-refractivity contribution is -0.128. The first-order valence-corrected chi connectivity index (χ1v) is 9.27. The van der Waals surface area contributed by atoms with Crippen LogP contribution in [0.3, 0.4) is 0 Å². The minimum atomic E-state index is -0.501. The minimum absolute atomic E-state index is 0.113. The molecule has 0 radical (unpaired) electrons. The van der Waals surface area contributed by atoms with E-state index in [-0.39, 0.29) is 5.91 Å². The van der Waals surface area contributed by atoms with Gasteiger partial charge in [-0.3, -0.25) is 4.79 Å². The monoisotopic (exact) mass is 355 g/mol. The number of nitrogens with one attached hydrogen (secondary N) is 1. The average molecular weight is 355 g/mol. The normalized spacial score (nSPS) is 11.7. The number of ether oxygens (including phenoxy) is 2. The van der Waals surface area contributed by atoms with Gasteiger partial charge >= 0.3 is 0 Å². The van der Waals surface area contributed by atoms with Gasteiger partial charge in [0, 0.05) is 0 Å². The molecule has 0 fully saturated rings. The Morgan fingerprint density at radius 1 is 1.08 bits per heavy atom. The van der Waals surface area contributed by atoms with Gasteiger partial charge in [0.05, 0.1) is 6.54 Å². The number of aryl methyl sites for hydroxylation is 2. The Bertz CT molecular complexity index is 710. The molecule has 0 saturated heterocycles. The minimum Gasteiger partial charge on any atom is -0.492 e. The molecule has 140 valence electrons. The van der Waals surface area contributed by atoms with Crippen LogP contribution in [-0.2, 0) is 11.2 Å². The third-order valence-electron chi connectivity index (χ3n) is 4.49. The van der Waals surface area contributed by atoms with Crippen LogP contribution in [0.1, 0.15) is 37.0 Å². The summed E-state index contributed by atoms with van der Waals surface area (Å²) in [6.45, 7) is 8.98. The second kappa shape index (κ2) is 9.85. The summed E-state index contributed by atoms with van der Waals surface area (Å²) in [6, 6.07) is 13.9. The van der Waals surface area contributed by atoms with Gasteiger partial charge in [-0.25, -0.2) is 0 Å². The summed E-state index contributed by atoms with van der Waals surface area (Å²) < 4.78 is 11.6. The number of amides is 1. The van der Waals surface area contributed by atoms with E-state index in [0.29, 0.717) is 19.6 Å². The summed E-state index contributed by atoms with van der Waals surface area (Å²) in [5.74, 6) is 1.47. The van der Waals surface area contributed by atoms with E-state index in [1.807, 2.05) is 51.1 Å². The first-order valence-electron chi connectivity index (χ1n) is 9.27. The molecule has 1 amide bonds. The Morgan fingerprint density at radius 3 is 2.46 bits per heavy atom. The zero-order valence-electron chi connectivity index (χ0n) is 16.2. The fourth-order valence-electron chi connectivity index (χ4n) is 2.61. The predicted molar refractivity (Wildman–Crippen MR) is 105 cm³/mol. The molecule has 1 atom stereocenters. The highest BCUT2D eigenvalue weighted by Gasteiger charge is 2.19. The van der Waals surface area contributed by atoms with Crippen LogP contribution in [0.2, 0.25) is 0 Å². The second-order valence-electron chi connectivity index (χ2n) is 6.35. The van der Waals surface area contributed by atoms with Crippen LogP contribution in [0.4, 0.5) is 0 Å². The Morgan fingerprint density at radius 2 is 1.81 bits per heavy atom. The van der Waals surface area contributed by atoms with Crippen LogP contribution >= 0.6 is 0 Å². The second-order valence-corrected chi connectivity index (χ2v) is 6.35. The van der Waals surface area contributed by atoms with Crippen molar-refractivity contribution in [2.75, 3.05) is 13.2 Å². The van der Waals surface area contributed by atoms with Crippen molar-refractivity contribution in [2.45, 2.75) is 46.6 Å². The molecule has 2 rings (SSSR count). The maximum Gasteiger partial charge on any atom is 0.261 e. The maximum absolute atomic E-state index is 12.4. The largest absolute Gasteiger partial charge is 0.492 e. The van der Waals surface area contributed by atoms with E-state index >= 15 is 0 Å². The summed E-state index contributed by atoms with van der Waals surface area (Å²) in [6.07, 6.45) is 1.12. The highest BCUT2D eigenvalue weighted by Crippen LogP contribution is 2.22. The fraction of sp³-hybridized carbons (Fsp3) is 0.409. The molecule has 0 bridgehead atoms. The van der Waals surface area contributed by atoms with Crippen molar-refractivity contribution in [1.82, 2.24) is 5.32 Å². The van der Waals surface area contributed by atoms with Crippen LogP contribution < -0.4 is 14.8 Å². The Labute approximate surface area is 156 Å². The Hall–Kier alpha value is -2.49. The van der Waals surface area contributed by atoms with Crippen molar-refractivity contribution >= 4 is 5.91 Å². The van der Waals surface area contributed by atoms with Crippen molar-refractivity contribution in [3.05, 3.63) is 59.2 Å². The standard InChI is InChI=1S/C22H29NO3/c1-5-18-10-12-19(13-11-18)25-15-14-23-22(24)20(6-2)26-21-9-7-8-16(3)17(21)4/h7-13,20H,5-6,14-15H2,1-4H3,(H,23,24). The maximum atomic E-state index is 12.4. The zero-order valence-corrected chi connectivity index (χ0v) is 16.2. The number of hydrogen-bond donors (Lipinski definition) is 1. The van der Waals surface area contributed by atoms with Crippen LogP contribution in [0.15, 0.2) is 42.5 Å². The summed E-state index contributed by atoms with van der Waals surface area (Å²) in [5, 5.41) is 2.89. The lowest BCUT2D eigenvalue weighted by Crippen LogP contribution is -2.39. The number of carbonyl (C=O) groups excluding carboxylic acids is 1. The molecule has 26 heavy (non-hydrogen) atoms. The molecule has 2 aromatic rings. The van der Waals surface area contributed by atoms with Crippen LogP contribution in [0.5, 0.6) is 11.5 Å². The topological polar surface area (TPSA) is 47.6 Å². The number of benzene rings is 2. The molecule has 0 spiro atoms. The summed E-state index contributed by atoms with van der Waals surface area (Å²) in [4.78, 5) is 12.4. The van der Waals surface area contributed by atoms with Gasteiger partial charge in [-0.1, -0.05) is 38.1 Å². The molecule has 0 aliphatic heterocycles. The van der Waals surface area contributed by atoms with E-state index in [1.54, 1.807) is 0 Å². The van der Waals surface area contributed by atoms with Gasteiger partial charge < -0.3 is 14.8 Å². The van der Waals surface area contributed by atoms with E-state index in [2.05, 4.69) is 24.4 Å². The van der Waals surface area contributed by atoms with Gasteiger partial charge in [-0.2, -0.15) is 0 Å². The quantitative estimate of drug-likeness (QED) is 0.685. The highest BCUT2D eigenvalue weighted by molar-refractivity contribution is 5.81. The lowest BCUT2D eigenvalue weighted by Gasteiger charge is -2.19. The van der Waals surface area contributed by atoms with Gasteiger partial charge in [-0.15, -0.1) is 0 Å². The SMILES string of the molecule is CCc1ccc(OCCNC(=O)C(CC)Oc2cccc(C)c2C)cc1. The number of rotatable bonds is 9. The van der Waals surface area contributed by atoms with Crippen molar-refractivity contribution in [2.24, 2.45) is 0 Å². The van der Waals surface area contributed by atoms with E-state index < -0.39 is 6.10 Å². The first-order chi connectivity index (χ1) is 12.5. The molecule has 0 aliphatic rings. The lowest BCUT2D eigenvalue weighted by atomic mass is 10.1. The molecule has 2 aromatic carbocycles. The molecule has 4 nitrogen and oxygen atoms in total. The van der Waals surface area contributed by atoms with Gasteiger partial charge in [0.1, 0.15) is 18.1 Å². The fourth-order valence-corrected chi connectivity index (χ4v) is 2.61. The van der Waals surface area contributed by atoms with E-state index in [4.69, 9.17) is 9.47 Å². The van der Waals surface area contributed by atoms with Crippen molar-refractivity contribution in [3.8, 4) is 11.5 Å².